The van der Waals surface area contributed by atoms with E-state index in [0.717, 1.165) is 24.7 Å². The molecule has 1 aliphatic carbocycles. The van der Waals surface area contributed by atoms with Crippen LogP contribution in [0, 0.1) is 0 Å². The van der Waals surface area contributed by atoms with Gasteiger partial charge in [-0.3, -0.25) is 4.79 Å². The molecule has 0 heterocycles. The van der Waals surface area contributed by atoms with E-state index in [1.165, 1.54) is 7.11 Å². The maximum Gasteiger partial charge on any atom is 0.171 e. The third kappa shape index (κ3) is 1.78. The summed E-state index contributed by atoms with van der Waals surface area (Å²) < 4.78 is 10.7. The van der Waals surface area contributed by atoms with Gasteiger partial charge in [-0.15, -0.1) is 0 Å². The van der Waals surface area contributed by atoms with E-state index in [2.05, 4.69) is 0 Å². The molecular weight excluding hydrogens is 218 g/mol. The van der Waals surface area contributed by atoms with Crippen molar-refractivity contribution < 1.29 is 14.3 Å². The van der Waals surface area contributed by atoms with Crippen LogP contribution in [0.15, 0.2) is 12.1 Å². The fraction of sp³-hybridized carbons (Fsp3) is 0.462. The quantitative estimate of drug-likeness (QED) is 0.786. The van der Waals surface area contributed by atoms with Crippen LogP contribution in [-0.2, 0) is 5.41 Å². The topological polar surface area (TPSA) is 61.5 Å². The summed E-state index contributed by atoms with van der Waals surface area (Å²) in [6.45, 7) is 0.590. The van der Waals surface area contributed by atoms with Crippen LogP contribution in [0.3, 0.4) is 0 Å². The molecule has 1 aliphatic rings. The van der Waals surface area contributed by atoms with Crippen LogP contribution in [0.4, 0.5) is 0 Å². The van der Waals surface area contributed by atoms with Gasteiger partial charge in [0.15, 0.2) is 17.8 Å². The number of benzene rings is 1. The summed E-state index contributed by atoms with van der Waals surface area (Å²) in [4.78, 5) is 10.9. The molecule has 0 unspecified atom stereocenters. The highest BCUT2D eigenvalue weighted by Gasteiger charge is 2.45. The Morgan fingerprint density at radius 2 is 1.94 bits per heavy atom. The zero-order valence-corrected chi connectivity index (χ0v) is 10.2. The fourth-order valence-corrected chi connectivity index (χ4v) is 2.24. The van der Waals surface area contributed by atoms with Crippen molar-refractivity contribution in [2.45, 2.75) is 18.3 Å². The molecule has 2 rings (SSSR count). The van der Waals surface area contributed by atoms with E-state index in [4.69, 9.17) is 15.2 Å². The van der Waals surface area contributed by atoms with Crippen LogP contribution in [0.5, 0.6) is 11.5 Å². The van der Waals surface area contributed by atoms with Crippen molar-refractivity contribution in [1.29, 1.82) is 0 Å². The average molecular weight is 235 g/mol. The Kier molecular flexibility index (Phi) is 3.07. The standard InChI is InChI=1S/C13H17NO3/c1-16-11-9(7-15)3-4-10(12(11)17-2)13(8-14)5-6-13/h3-4,7H,5-6,8,14H2,1-2H3. The molecule has 0 aromatic heterocycles. The molecule has 2 N–H and O–H groups in total. The van der Waals surface area contributed by atoms with Gasteiger partial charge in [-0.05, 0) is 18.9 Å². The summed E-state index contributed by atoms with van der Waals surface area (Å²) in [6, 6.07) is 3.68. The molecule has 1 fully saturated rings. The van der Waals surface area contributed by atoms with Gasteiger partial charge in [0.2, 0.25) is 0 Å². The van der Waals surface area contributed by atoms with Gasteiger partial charge in [0, 0.05) is 17.5 Å². The predicted molar refractivity (Wildman–Crippen MR) is 64.9 cm³/mol. The van der Waals surface area contributed by atoms with Gasteiger partial charge < -0.3 is 15.2 Å². The van der Waals surface area contributed by atoms with Crippen molar-refractivity contribution in [2.24, 2.45) is 5.73 Å². The number of hydrogen-bond acceptors (Lipinski definition) is 4. The lowest BCUT2D eigenvalue weighted by atomic mass is 9.93. The summed E-state index contributed by atoms with van der Waals surface area (Å²) >= 11 is 0. The molecule has 0 radical (unpaired) electrons. The first-order chi connectivity index (χ1) is 8.22. The van der Waals surface area contributed by atoms with Crippen LogP contribution in [0.25, 0.3) is 0 Å². The number of hydrogen-bond donors (Lipinski definition) is 1. The maximum absolute atomic E-state index is 10.9. The van der Waals surface area contributed by atoms with Crippen molar-refractivity contribution in [3.8, 4) is 11.5 Å². The molecule has 1 aromatic carbocycles. The van der Waals surface area contributed by atoms with Crippen LogP contribution in [-0.4, -0.2) is 27.1 Å². The summed E-state index contributed by atoms with van der Waals surface area (Å²) in [5.74, 6) is 1.14. The van der Waals surface area contributed by atoms with Gasteiger partial charge in [0.05, 0.1) is 19.8 Å². The van der Waals surface area contributed by atoms with Crippen molar-refractivity contribution >= 4 is 6.29 Å². The lowest BCUT2D eigenvalue weighted by Crippen LogP contribution is -2.20. The Hall–Kier alpha value is -1.55. The molecule has 17 heavy (non-hydrogen) atoms. The van der Waals surface area contributed by atoms with Gasteiger partial charge in [-0.25, -0.2) is 0 Å². The first-order valence-corrected chi connectivity index (χ1v) is 5.63. The molecule has 4 nitrogen and oxygen atoms in total. The first-order valence-electron chi connectivity index (χ1n) is 5.63. The second-order valence-corrected chi connectivity index (χ2v) is 4.37. The lowest BCUT2D eigenvalue weighted by Gasteiger charge is -2.20. The fourth-order valence-electron chi connectivity index (χ4n) is 2.24. The highest BCUT2D eigenvalue weighted by Crippen LogP contribution is 2.52. The van der Waals surface area contributed by atoms with Crippen molar-refractivity contribution in [3.05, 3.63) is 23.3 Å². The van der Waals surface area contributed by atoms with E-state index in [1.807, 2.05) is 6.07 Å². The third-order valence-electron chi connectivity index (χ3n) is 3.49. The molecule has 0 aliphatic heterocycles. The number of carbonyl (C=O) groups is 1. The minimum Gasteiger partial charge on any atom is -0.493 e. The summed E-state index contributed by atoms with van der Waals surface area (Å²) in [6.07, 6.45) is 2.89. The monoisotopic (exact) mass is 235 g/mol. The van der Waals surface area contributed by atoms with Crippen LogP contribution in [0.2, 0.25) is 0 Å². The van der Waals surface area contributed by atoms with E-state index in [-0.39, 0.29) is 5.41 Å². The molecule has 0 spiro atoms. The van der Waals surface area contributed by atoms with E-state index in [1.54, 1.807) is 13.2 Å². The van der Waals surface area contributed by atoms with Gasteiger partial charge in [-0.1, -0.05) is 6.07 Å². The molecule has 0 atom stereocenters. The lowest BCUT2D eigenvalue weighted by molar-refractivity contribution is 0.112. The Bertz CT molecular complexity index is 439. The Labute approximate surface area is 101 Å². The molecule has 1 aromatic rings. The van der Waals surface area contributed by atoms with Crippen LogP contribution >= 0.6 is 0 Å². The third-order valence-corrected chi connectivity index (χ3v) is 3.49. The van der Waals surface area contributed by atoms with E-state index < -0.39 is 0 Å². The zero-order chi connectivity index (χ0) is 12.5. The number of ether oxygens (including phenoxy) is 2. The average Bonchev–Trinajstić information content (AvgIpc) is 3.17. The minimum absolute atomic E-state index is 0.0139. The number of carbonyl (C=O) groups excluding carboxylic acids is 1. The zero-order valence-electron chi connectivity index (χ0n) is 10.2. The second-order valence-electron chi connectivity index (χ2n) is 4.37. The highest BCUT2D eigenvalue weighted by atomic mass is 16.5. The van der Waals surface area contributed by atoms with Gasteiger partial charge in [0.1, 0.15) is 0 Å². The Morgan fingerprint density at radius 3 is 2.35 bits per heavy atom. The normalized spacial score (nSPS) is 16.4. The van der Waals surface area contributed by atoms with Gasteiger partial charge in [0.25, 0.3) is 0 Å². The SMILES string of the molecule is COc1c(C=O)ccc(C2(CN)CC2)c1OC. The smallest absolute Gasteiger partial charge is 0.171 e. The highest BCUT2D eigenvalue weighted by molar-refractivity contribution is 5.82. The van der Waals surface area contributed by atoms with E-state index >= 15 is 0 Å². The molecular formula is C13H17NO3. The van der Waals surface area contributed by atoms with Gasteiger partial charge in [-0.2, -0.15) is 0 Å². The summed E-state index contributed by atoms with van der Waals surface area (Å²) in [5, 5.41) is 0. The minimum atomic E-state index is 0.0139. The number of methoxy groups -OCH3 is 2. The summed E-state index contributed by atoms with van der Waals surface area (Å²) in [7, 11) is 3.12. The first kappa shape index (κ1) is 11.9. The molecule has 0 amide bonds. The predicted octanol–water partition coefficient (Wildman–Crippen LogP) is 1.51. The van der Waals surface area contributed by atoms with Gasteiger partial charge >= 0.3 is 0 Å². The van der Waals surface area contributed by atoms with Crippen LogP contribution < -0.4 is 15.2 Å². The van der Waals surface area contributed by atoms with E-state index in [9.17, 15) is 4.79 Å². The molecule has 92 valence electrons. The Morgan fingerprint density at radius 1 is 1.29 bits per heavy atom. The number of aldehydes is 1. The number of rotatable bonds is 5. The molecule has 4 heteroatoms. The van der Waals surface area contributed by atoms with Crippen LogP contribution in [0.1, 0.15) is 28.8 Å². The van der Waals surface area contributed by atoms with Crippen molar-refractivity contribution in [1.82, 2.24) is 0 Å². The van der Waals surface area contributed by atoms with Crippen molar-refractivity contribution in [3.63, 3.8) is 0 Å². The van der Waals surface area contributed by atoms with Crippen molar-refractivity contribution in [2.75, 3.05) is 20.8 Å². The molecule has 0 saturated heterocycles. The summed E-state index contributed by atoms with van der Waals surface area (Å²) in [5.41, 5.74) is 7.38. The molecule has 0 bridgehead atoms. The van der Waals surface area contributed by atoms with E-state index in [0.29, 0.717) is 23.6 Å². The second kappa shape index (κ2) is 4.37. The molecule has 1 saturated carbocycles. The maximum atomic E-state index is 10.9. The Balaban J connectivity index is 2.57. The largest absolute Gasteiger partial charge is 0.493 e. The number of nitrogens with two attached hydrogens (primary N) is 1.